The molecular formula is C21H20ClF4NO. The zero-order valence-electron chi connectivity index (χ0n) is 15.1. The van der Waals surface area contributed by atoms with Crippen LogP contribution in [0.5, 0.6) is 0 Å². The number of carbonyl (C=O) groups excluding carboxylic acids is 1. The second-order valence-electron chi connectivity index (χ2n) is 6.99. The zero-order chi connectivity index (χ0) is 20.3. The first kappa shape index (κ1) is 20.6. The molecule has 1 aliphatic rings. The van der Waals surface area contributed by atoms with Crippen molar-refractivity contribution in [3.8, 4) is 0 Å². The molecule has 0 aromatic heterocycles. The molecule has 0 N–H and O–H groups in total. The highest BCUT2D eigenvalue weighted by Crippen LogP contribution is 2.34. The molecule has 150 valence electrons. The summed E-state index contributed by atoms with van der Waals surface area (Å²) in [6, 6.07) is 8.95. The van der Waals surface area contributed by atoms with Gasteiger partial charge in [0.2, 0.25) is 5.91 Å². The van der Waals surface area contributed by atoms with Crippen LogP contribution in [0, 0.1) is 5.82 Å². The van der Waals surface area contributed by atoms with E-state index in [-0.39, 0.29) is 16.6 Å². The number of hydrogen-bond acceptors (Lipinski definition) is 1. The Balaban J connectivity index is 1.94. The van der Waals surface area contributed by atoms with Crippen molar-refractivity contribution in [2.45, 2.75) is 50.7 Å². The summed E-state index contributed by atoms with van der Waals surface area (Å²) in [6.07, 6.45) is -0.596. The highest BCUT2D eigenvalue weighted by atomic mass is 35.5. The quantitative estimate of drug-likeness (QED) is 0.530. The van der Waals surface area contributed by atoms with Gasteiger partial charge in [0, 0.05) is 11.7 Å². The average molecular weight is 414 g/mol. The third kappa shape index (κ3) is 4.66. The minimum Gasteiger partial charge on any atom is -0.309 e. The Morgan fingerprint density at radius 2 is 1.75 bits per heavy atom. The number of halogens is 5. The van der Waals surface area contributed by atoms with Gasteiger partial charge in [-0.15, -0.1) is 0 Å². The number of carbonyl (C=O) groups is 1. The average Bonchev–Trinajstić information content (AvgIpc) is 2.65. The van der Waals surface area contributed by atoms with Gasteiger partial charge in [0.15, 0.2) is 0 Å². The predicted octanol–water partition coefficient (Wildman–Crippen LogP) is 6.41. The van der Waals surface area contributed by atoms with Gasteiger partial charge in [-0.3, -0.25) is 4.79 Å². The number of benzene rings is 2. The predicted molar refractivity (Wildman–Crippen MR) is 101 cm³/mol. The highest BCUT2D eigenvalue weighted by Gasteiger charge is 2.35. The van der Waals surface area contributed by atoms with E-state index >= 15 is 0 Å². The van der Waals surface area contributed by atoms with Crippen LogP contribution < -0.4 is 4.90 Å². The monoisotopic (exact) mass is 413 g/mol. The molecule has 7 heteroatoms. The van der Waals surface area contributed by atoms with Gasteiger partial charge in [-0.05, 0) is 42.7 Å². The molecule has 1 aliphatic carbocycles. The van der Waals surface area contributed by atoms with E-state index in [4.69, 9.17) is 11.6 Å². The maximum atomic E-state index is 14.0. The Bertz CT molecular complexity index is 847. The lowest BCUT2D eigenvalue weighted by atomic mass is 9.93. The molecule has 3 rings (SSSR count). The van der Waals surface area contributed by atoms with Crippen molar-refractivity contribution in [2.75, 3.05) is 4.90 Å². The van der Waals surface area contributed by atoms with Crippen molar-refractivity contribution in [1.29, 1.82) is 0 Å². The number of nitrogens with zero attached hydrogens (tertiary/aromatic N) is 1. The van der Waals surface area contributed by atoms with E-state index in [1.54, 1.807) is 0 Å². The maximum Gasteiger partial charge on any atom is 0.416 e. The molecule has 0 radical (unpaired) electrons. The number of amides is 1. The molecule has 2 aromatic rings. The van der Waals surface area contributed by atoms with Crippen LogP contribution in [0.1, 0.15) is 43.2 Å². The number of anilines is 1. The number of alkyl halides is 3. The summed E-state index contributed by atoms with van der Waals surface area (Å²) in [6.45, 7) is 0. The Hall–Kier alpha value is -2.08. The van der Waals surface area contributed by atoms with E-state index in [0.29, 0.717) is 5.69 Å². The Labute approximate surface area is 166 Å². The van der Waals surface area contributed by atoms with E-state index in [9.17, 15) is 22.4 Å². The van der Waals surface area contributed by atoms with Crippen molar-refractivity contribution in [3.63, 3.8) is 0 Å². The van der Waals surface area contributed by atoms with Crippen LogP contribution in [0.3, 0.4) is 0 Å². The molecule has 0 saturated heterocycles. The van der Waals surface area contributed by atoms with Gasteiger partial charge in [-0.25, -0.2) is 4.39 Å². The topological polar surface area (TPSA) is 20.3 Å². The minimum absolute atomic E-state index is 0.0674. The van der Waals surface area contributed by atoms with Crippen molar-refractivity contribution in [1.82, 2.24) is 0 Å². The Morgan fingerprint density at radius 3 is 2.39 bits per heavy atom. The van der Waals surface area contributed by atoms with Crippen molar-refractivity contribution in [3.05, 3.63) is 64.4 Å². The van der Waals surface area contributed by atoms with Gasteiger partial charge in [-0.1, -0.05) is 49.1 Å². The summed E-state index contributed by atoms with van der Waals surface area (Å²) in [5.74, 6) is -1.14. The molecule has 1 saturated carbocycles. The standard InChI is InChI=1S/C21H20ClF4NO/c22-18-11-10-16(13-19(18)23)27(15-7-2-1-3-8-15)20(28)12-14-6-4-5-9-17(14)21(24,25)26/h4-6,9-11,13,15H,1-3,7-8,12H2. The fourth-order valence-electron chi connectivity index (χ4n) is 3.73. The first-order chi connectivity index (χ1) is 13.3. The van der Waals surface area contributed by atoms with E-state index in [1.165, 1.54) is 41.3 Å². The highest BCUT2D eigenvalue weighted by molar-refractivity contribution is 6.30. The Morgan fingerprint density at radius 1 is 1.07 bits per heavy atom. The van der Waals surface area contributed by atoms with Crippen LogP contribution in [0.15, 0.2) is 42.5 Å². The minimum atomic E-state index is -4.54. The van der Waals surface area contributed by atoms with Gasteiger partial charge >= 0.3 is 6.18 Å². The first-order valence-electron chi connectivity index (χ1n) is 9.19. The summed E-state index contributed by atoms with van der Waals surface area (Å²) in [5.41, 5.74) is -0.590. The largest absolute Gasteiger partial charge is 0.416 e. The smallest absolute Gasteiger partial charge is 0.309 e. The lowest BCUT2D eigenvalue weighted by molar-refractivity contribution is -0.138. The van der Waals surface area contributed by atoms with Gasteiger partial charge in [0.25, 0.3) is 0 Å². The molecule has 0 unspecified atom stereocenters. The molecule has 0 heterocycles. The molecule has 1 fully saturated rings. The molecule has 28 heavy (non-hydrogen) atoms. The number of hydrogen-bond donors (Lipinski definition) is 0. The van der Waals surface area contributed by atoms with E-state index < -0.39 is 29.9 Å². The maximum absolute atomic E-state index is 14.0. The van der Waals surface area contributed by atoms with Crippen LogP contribution in [-0.4, -0.2) is 11.9 Å². The zero-order valence-corrected chi connectivity index (χ0v) is 15.9. The SMILES string of the molecule is O=C(Cc1ccccc1C(F)(F)F)N(c1ccc(Cl)c(F)c1)C1CCCCC1. The second kappa shape index (κ2) is 8.52. The van der Waals surface area contributed by atoms with Crippen LogP contribution >= 0.6 is 11.6 Å². The van der Waals surface area contributed by atoms with Gasteiger partial charge < -0.3 is 4.90 Å². The summed E-state index contributed by atoms with van der Waals surface area (Å²) in [4.78, 5) is 14.5. The molecule has 0 aliphatic heterocycles. The number of rotatable bonds is 4. The molecule has 0 spiro atoms. The van der Waals surface area contributed by atoms with Gasteiger partial charge in [0.1, 0.15) is 5.82 Å². The molecule has 2 aromatic carbocycles. The summed E-state index contributed by atoms with van der Waals surface area (Å²) < 4.78 is 53.9. The Kier molecular flexibility index (Phi) is 6.28. The van der Waals surface area contributed by atoms with E-state index in [0.717, 1.165) is 38.2 Å². The summed E-state index contributed by atoms with van der Waals surface area (Å²) in [5, 5.41) is -0.0674. The fourth-order valence-corrected chi connectivity index (χ4v) is 3.85. The molecular weight excluding hydrogens is 394 g/mol. The van der Waals surface area contributed by atoms with Crippen molar-refractivity contribution < 1.29 is 22.4 Å². The van der Waals surface area contributed by atoms with Crippen molar-refractivity contribution >= 4 is 23.2 Å². The van der Waals surface area contributed by atoms with Crippen LogP contribution in [-0.2, 0) is 17.4 Å². The third-order valence-corrected chi connectivity index (χ3v) is 5.36. The normalized spacial score (nSPS) is 15.5. The van der Waals surface area contributed by atoms with Crippen LogP contribution in [0.2, 0.25) is 5.02 Å². The van der Waals surface area contributed by atoms with Gasteiger partial charge in [0.05, 0.1) is 17.0 Å². The summed E-state index contributed by atoms with van der Waals surface area (Å²) >= 11 is 5.75. The molecule has 1 amide bonds. The first-order valence-corrected chi connectivity index (χ1v) is 9.57. The van der Waals surface area contributed by atoms with E-state index in [1.807, 2.05) is 0 Å². The van der Waals surface area contributed by atoms with Crippen LogP contribution in [0.4, 0.5) is 23.2 Å². The van der Waals surface area contributed by atoms with E-state index in [2.05, 4.69) is 0 Å². The van der Waals surface area contributed by atoms with Gasteiger partial charge in [-0.2, -0.15) is 13.2 Å². The molecule has 0 bridgehead atoms. The van der Waals surface area contributed by atoms with Crippen LogP contribution in [0.25, 0.3) is 0 Å². The molecule has 0 atom stereocenters. The van der Waals surface area contributed by atoms with Crippen molar-refractivity contribution in [2.24, 2.45) is 0 Å². The lowest BCUT2D eigenvalue weighted by Gasteiger charge is -2.35. The lowest BCUT2D eigenvalue weighted by Crippen LogP contribution is -2.42. The third-order valence-electron chi connectivity index (χ3n) is 5.05. The fraction of sp³-hybridized carbons (Fsp3) is 0.381. The summed E-state index contributed by atoms with van der Waals surface area (Å²) in [7, 11) is 0. The molecule has 2 nitrogen and oxygen atoms in total. The second-order valence-corrected chi connectivity index (χ2v) is 7.39.